The maximum atomic E-state index is 13.3. The van der Waals surface area contributed by atoms with E-state index in [0.29, 0.717) is 38.8 Å². The molecule has 2 rings (SSSR count). The molecule has 0 bridgehead atoms. The molecule has 0 aromatic carbocycles. The van der Waals surface area contributed by atoms with Gasteiger partial charge >= 0.3 is 12.1 Å². The number of likely N-dealkylation sites (tertiary alicyclic amines) is 1. The van der Waals surface area contributed by atoms with Crippen LogP contribution in [0, 0.1) is 5.41 Å². The van der Waals surface area contributed by atoms with E-state index in [-0.39, 0.29) is 19.5 Å². The number of ether oxygens (including phenoxy) is 1. The third-order valence-corrected chi connectivity index (χ3v) is 10.1. The average molecular weight is 630 g/mol. The Balaban J connectivity index is 2.02. The quantitative estimate of drug-likeness (QED) is 0.195. The van der Waals surface area contributed by atoms with E-state index < -0.39 is 63.7 Å². The fourth-order valence-electron chi connectivity index (χ4n) is 5.14. The number of rotatable bonds is 14. The van der Waals surface area contributed by atoms with E-state index in [4.69, 9.17) is 4.74 Å². The van der Waals surface area contributed by atoms with Crippen LogP contribution in [0.15, 0.2) is 12.2 Å². The minimum absolute atomic E-state index is 0.0261. The van der Waals surface area contributed by atoms with Gasteiger partial charge in [0.05, 0.1) is 6.54 Å². The van der Waals surface area contributed by atoms with E-state index in [9.17, 15) is 32.7 Å². The highest BCUT2D eigenvalue weighted by Gasteiger charge is 2.42. The Morgan fingerprint density at radius 2 is 1.77 bits per heavy atom. The normalized spacial score (nSPS) is 21.7. The minimum atomic E-state index is -3.66. The van der Waals surface area contributed by atoms with Crippen LogP contribution in [-0.2, 0) is 29.3 Å². The van der Waals surface area contributed by atoms with E-state index in [1.807, 2.05) is 20.8 Å². The van der Waals surface area contributed by atoms with Crippen molar-refractivity contribution in [3.8, 4) is 0 Å². The third kappa shape index (κ3) is 9.90. The lowest BCUT2D eigenvalue weighted by atomic mass is 9.89. The summed E-state index contributed by atoms with van der Waals surface area (Å²) in [6.45, 7) is 9.82. The van der Waals surface area contributed by atoms with E-state index >= 15 is 0 Å². The number of alkyl carbamates (subject to hydrolysis) is 1. The summed E-state index contributed by atoms with van der Waals surface area (Å²) < 4.78 is 33.6. The SMILES string of the molecule is CCCCC/C=C\C(CC)(NC(=O)[C@@H]1CCCN1C(=O)CNC(=O)OC(CN1CCCN(C)S1(=O)=O)C(C)(C)C)C(=O)O. The lowest BCUT2D eigenvalue weighted by Crippen LogP contribution is -2.58. The molecular formula is C29H51N5O8S. The van der Waals surface area contributed by atoms with Gasteiger partial charge in [0, 0.05) is 32.1 Å². The number of amides is 3. The Labute approximate surface area is 256 Å². The Kier molecular flexibility index (Phi) is 13.4. The van der Waals surface area contributed by atoms with Gasteiger partial charge in [-0.15, -0.1) is 0 Å². The molecule has 0 radical (unpaired) electrons. The number of hydrogen-bond donors (Lipinski definition) is 3. The number of aliphatic carboxylic acids is 1. The number of carbonyl (C=O) groups is 4. The molecule has 13 nitrogen and oxygen atoms in total. The summed E-state index contributed by atoms with van der Waals surface area (Å²) in [6, 6.07) is -0.868. The Bertz CT molecular complexity index is 1120. The lowest BCUT2D eigenvalue weighted by Gasteiger charge is -2.38. The first kappa shape index (κ1) is 36.5. The molecule has 0 saturated carbocycles. The lowest BCUT2D eigenvalue weighted by molar-refractivity contribution is -0.147. The highest BCUT2D eigenvalue weighted by molar-refractivity contribution is 7.86. The van der Waals surface area contributed by atoms with Crippen molar-refractivity contribution in [3.63, 3.8) is 0 Å². The van der Waals surface area contributed by atoms with Crippen molar-refractivity contribution in [2.75, 3.05) is 39.8 Å². The van der Waals surface area contributed by atoms with Crippen molar-refractivity contribution in [1.82, 2.24) is 24.1 Å². The van der Waals surface area contributed by atoms with Crippen molar-refractivity contribution >= 4 is 34.1 Å². The van der Waals surface area contributed by atoms with E-state index in [2.05, 4.69) is 17.6 Å². The van der Waals surface area contributed by atoms with Crippen molar-refractivity contribution in [2.24, 2.45) is 5.41 Å². The van der Waals surface area contributed by atoms with Gasteiger partial charge in [-0.2, -0.15) is 17.0 Å². The minimum Gasteiger partial charge on any atom is -0.479 e. The molecule has 3 atom stereocenters. The molecule has 2 aliphatic rings. The van der Waals surface area contributed by atoms with Crippen molar-refractivity contribution < 1.29 is 37.4 Å². The topological polar surface area (TPSA) is 166 Å². The molecule has 2 saturated heterocycles. The number of nitrogens with zero attached hydrogens (tertiary/aromatic N) is 3. The Hall–Kier alpha value is -2.71. The third-order valence-electron chi connectivity index (χ3n) is 8.11. The first-order valence-electron chi connectivity index (χ1n) is 15.3. The standard InChI is InChI=1S/C29H51N5O8S/c1-7-9-10-11-12-16-29(8-2,26(37)38)31-25(36)22-15-13-19-34(22)24(35)20-30-27(39)42-23(28(3,4)5)21-33-18-14-17-32(6)43(33,40)41/h12,16,22-23H,7-11,13-15,17-21H2,1-6H3,(H,30,39)(H,31,36)(H,37,38)/b16-12-/t22-,23?,29?/m0/s1. The van der Waals surface area contributed by atoms with Gasteiger partial charge < -0.3 is 25.4 Å². The summed E-state index contributed by atoms with van der Waals surface area (Å²) in [5.74, 6) is -2.24. The second kappa shape index (κ2) is 15.8. The summed E-state index contributed by atoms with van der Waals surface area (Å²) in [4.78, 5) is 52.6. The van der Waals surface area contributed by atoms with E-state index in [1.165, 1.54) is 26.6 Å². The van der Waals surface area contributed by atoms with E-state index in [0.717, 1.165) is 19.3 Å². The first-order chi connectivity index (χ1) is 20.1. The fourth-order valence-corrected chi connectivity index (χ4v) is 6.58. The second-order valence-electron chi connectivity index (χ2n) is 12.4. The maximum Gasteiger partial charge on any atom is 0.407 e. The molecule has 0 aliphatic carbocycles. The van der Waals surface area contributed by atoms with Gasteiger partial charge in [-0.3, -0.25) is 9.59 Å². The zero-order valence-corrected chi connectivity index (χ0v) is 27.4. The zero-order chi connectivity index (χ0) is 32.4. The van der Waals surface area contributed by atoms with Gasteiger partial charge in [0.2, 0.25) is 11.8 Å². The number of carboxylic acids is 1. The molecule has 2 heterocycles. The van der Waals surface area contributed by atoms with Crippen LogP contribution < -0.4 is 10.6 Å². The first-order valence-corrected chi connectivity index (χ1v) is 16.7. The van der Waals surface area contributed by atoms with Crippen LogP contribution >= 0.6 is 0 Å². The van der Waals surface area contributed by atoms with Gasteiger partial charge in [0.1, 0.15) is 18.7 Å². The molecule has 0 aromatic rings. The van der Waals surface area contributed by atoms with Gasteiger partial charge in [-0.25, -0.2) is 9.59 Å². The zero-order valence-electron chi connectivity index (χ0n) is 26.6. The molecule has 0 aromatic heterocycles. The van der Waals surface area contributed by atoms with Gasteiger partial charge in [0.15, 0.2) is 5.54 Å². The van der Waals surface area contributed by atoms with Crippen LogP contribution in [0.25, 0.3) is 0 Å². The van der Waals surface area contributed by atoms with E-state index in [1.54, 1.807) is 13.0 Å². The van der Waals surface area contributed by atoms with Crippen LogP contribution in [0.1, 0.15) is 86.0 Å². The highest BCUT2D eigenvalue weighted by Crippen LogP contribution is 2.26. The molecular weight excluding hydrogens is 578 g/mol. The number of unbranched alkanes of at least 4 members (excludes halogenated alkanes) is 3. The van der Waals surface area contributed by atoms with Crippen molar-refractivity contribution in [3.05, 3.63) is 12.2 Å². The predicted molar refractivity (Wildman–Crippen MR) is 162 cm³/mol. The molecule has 0 spiro atoms. The summed E-state index contributed by atoms with van der Waals surface area (Å²) in [6.07, 6.45) is 7.05. The Morgan fingerprint density at radius 3 is 2.37 bits per heavy atom. The molecule has 3 amide bonds. The molecule has 3 N–H and O–H groups in total. The van der Waals surface area contributed by atoms with Crippen LogP contribution in [0.5, 0.6) is 0 Å². The van der Waals surface area contributed by atoms with Crippen LogP contribution in [0.4, 0.5) is 4.79 Å². The second-order valence-corrected chi connectivity index (χ2v) is 14.5. The molecule has 2 aliphatic heterocycles. The molecule has 2 unspecified atom stereocenters. The van der Waals surface area contributed by atoms with Crippen LogP contribution in [0.2, 0.25) is 0 Å². The number of carbonyl (C=O) groups excluding carboxylic acids is 3. The number of allylic oxidation sites excluding steroid dienone is 1. The van der Waals surface area contributed by atoms with Gasteiger partial charge in [0.25, 0.3) is 10.2 Å². The summed E-state index contributed by atoms with van der Waals surface area (Å²) in [7, 11) is -2.15. The fraction of sp³-hybridized carbons (Fsp3) is 0.793. The average Bonchev–Trinajstić information content (AvgIpc) is 3.43. The molecule has 14 heteroatoms. The highest BCUT2D eigenvalue weighted by atomic mass is 32.2. The molecule has 246 valence electrons. The molecule has 43 heavy (non-hydrogen) atoms. The Morgan fingerprint density at radius 1 is 1.07 bits per heavy atom. The summed E-state index contributed by atoms with van der Waals surface area (Å²) >= 11 is 0. The summed E-state index contributed by atoms with van der Waals surface area (Å²) in [5, 5.41) is 15.1. The summed E-state index contributed by atoms with van der Waals surface area (Å²) in [5.41, 5.74) is -2.17. The predicted octanol–water partition coefficient (Wildman–Crippen LogP) is 2.49. The number of carboxylic acid groups (broad SMARTS) is 1. The van der Waals surface area contributed by atoms with Gasteiger partial charge in [-0.05, 0) is 38.5 Å². The van der Waals surface area contributed by atoms with Crippen molar-refractivity contribution in [2.45, 2.75) is 104 Å². The van der Waals surface area contributed by atoms with Crippen molar-refractivity contribution in [1.29, 1.82) is 0 Å². The largest absolute Gasteiger partial charge is 0.479 e. The van der Waals surface area contributed by atoms with Crippen LogP contribution in [0.3, 0.4) is 0 Å². The molecule has 2 fully saturated rings. The maximum absolute atomic E-state index is 13.3. The monoisotopic (exact) mass is 629 g/mol. The smallest absolute Gasteiger partial charge is 0.407 e. The number of hydrogen-bond acceptors (Lipinski definition) is 7. The van der Waals surface area contributed by atoms with Crippen LogP contribution in [-0.4, -0.2) is 108 Å². The number of nitrogens with one attached hydrogen (secondary N) is 2. The van der Waals surface area contributed by atoms with Gasteiger partial charge in [-0.1, -0.05) is 59.6 Å².